The van der Waals surface area contributed by atoms with E-state index in [9.17, 15) is 12.8 Å². The van der Waals surface area contributed by atoms with Gasteiger partial charge in [0.1, 0.15) is 10.7 Å². The van der Waals surface area contributed by atoms with E-state index >= 15 is 0 Å². The number of anilines is 1. The maximum atomic E-state index is 13.5. The first kappa shape index (κ1) is 11.6. The normalized spacial score (nSPS) is 11.4. The van der Waals surface area contributed by atoms with Crippen molar-refractivity contribution in [2.45, 2.75) is 9.79 Å². The fourth-order valence-corrected chi connectivity index (χ4v) is 2.96. The Morgan fingerprint density at radius 2 is 1.41 bits per heavy atom. The minimum Gasteiger partial charge on any atom is -0.398 e. The Kier molecular flexibility index (Phi) is 2.85. The van der Waals surface area contributed by atoms with Gasteiger partial charge in [-0.15, -0.1) is 0 Å². The van der Waals surface area contributed by atoms with Crippen LogP contribution in [0, 0.1) is 5.82 Å². The van der Waals surface area contributed by atoms with Crippen LogP contribution in [0.1, 0.15) is 0 Å². The summed E-state index contributed by atoms with van der Waals surface area (Å²) >= 11 is 0. The zero-order valence-corrected chi connectivity index (χ0v) is 9.62. The summed E-state index contributed by atoms with van der Waals surface area (Å²) in [6.45, 7) is 0. The summed E-state index contributed by atoms with van der Waals surface area (Å²) in [4.78, 5) is -0.442. The summed E-state index contributed by atoms with van der Waals surface area (Å²) in [6.07, 6.45) is 0. The van der Waals surface area contributed by atoms with E-state index in [-0.39, 0.29) is 15.5 Å². The van der Waals surface area contributed by atoms with Crippen molar-refractivity contribution in [3.05, 3.63) is 54.3 Å². The van der Waals surface area contributed by atoms with Crippen molar-refractivity contribution < 1.29 is 12.8 Å². The van der Waals surface area contributed by atoms with Gasteiger partial charge in [0.05, 0.1) is 10.6 Å². The van der Waals surface area contributed by atoms with Gasteiger partial charge in [-0.1, -0.05) is 24.3 Å². The highest BCUT2D eigenvalue weighted by molar-refractivity contribution is 7.91. The van der Waals surface area contributed by atoms with Crippen molar-refractivity contribution in [3.8, 4) is 0 Å². The van der Waals surface area contributed by atoms with E-state index in [4.69, 9.17) is 5.73 Å². The largest absolute Gasteiger partial charge is 0.398 e. The third-order valence-corrected chi connectivity index (χ3v) is 4.20. The van der Waals surface area contributed by atoms with Gasteiger partial charge in [0, 0.05) is 0 Å². The van der Waals surface area contributed by atoms with Gasteiger partial charge in [0.25, 0.3) is 0 Å². The molecule has 5 heteroatoms. The summed E-state index contributed by atoms with van der Waals surface area (Å²) < 4.78 is 37.8. The molecule has 2 aromatic rings. The second-order valence-corrected chi connectivity index (χ2v) is 5.36. The summed E-state index contributed by atoms with van der Waals surface area (Å²) in [5.74, 6) is -0.782. The number of benzene rings is 2. The predicted molar refractivity (Wildman–Crippen MR) is 62.7 cm³/mol. The lowest BCUT2D eigenvalue weighted by molar-refractivity contribution is 0.567. The molecule has 0 unspecified atom stereocenters. The summed E-state index contributed by atoms with van der Waals surface area (Å²) in [5, 5.41) is 0. The van der Waals surface area contributed by atoms with Gasteiger partial charge < -0.3 is 5.73 Å². The third-order valence-electron chi connectivity index (χ3n) is 2.33. The minimum atomic E-state index is -3.90. The second kappa shape index (κ2) is 4.18. The smallest absolute Gasteiger partial charge is 0.211 e. The number of para-hydroxylation sites is 1. The van der Waals surface area contributed by atoms with Crippen LogP contribution in [-0.2, 0) is 9.84 Å². The number of hydrogen-bond donors (Lipinski definition) is 1. The van der Waals surface area contributed by atoms with Gasteiger partial charge in [0.2, 0.25) is 9.84 Å². The van der Waals surface area contributed by atoms with Crippen LogP contribution in [0.4, 0.5) is 10.1 Å². The Labute approximate surface area is 98.6 Å². The molecule has 0 saturated carbocycles. The number of nitrogens with two attached hydrogens (primary N) is 1. The van der Waals surface area contributed by atoms with Gasteiger partial charge in [-0.25, -0.2) is 12.8 Å². The molecular weight excluding hydrogens is 241 g/mol. The average Bonchev–Trinajstić information content (AvgIpc) is 2.29. The quantitative estimate of drug-likeness (QED) is 0.833. The lowest BCUT2D eigenvalue weighted by Crippen LogP contribution is -2.07. The Bertz CT molecular complexity index is 602. The number of rotatable bonds is 2. The minimum absolute atomic E-state index is 0.0786. The molecule has 0 fully saturated rings. The van der Waals surface area contributed by atoms with E-state index in [1.807, 2.05) is 0 Å². The van der Waals surface area contributed by atoms with E-state index in [1.165, 1.54) is 30.3 Å². The van der Waals surface area contributed by atoms with Crippen LogP contribution in [0.3, 0.4) is 0 Å². The monoisotopic (exact) mass is 251 g/mol. The number of nitrogen functional groups attached to an aromatic ring is 1. The van der Waals surface area contributed by atoms with E-state index in [1.54, 1.807) is 12.1 Å². The lowest BCUT2D eigenvalue weighted by atomic mass is 10.3. The Morgan fingerprint density at radius 1 is 0.882 bits per heavy atom. The molecule has 0 aromatic heterocycles. The number of hydrogen-bond acceptors (Lipinski definition) is 3. The van der Waals surface area contributed by atoms with Crippen LogP contribution in [0.15, 0.2) is 58.3 Å². The molecule has 2 rings (SSSR count). The molecule has 0 aliphatic heterocycles. The van der Waals surface area contributed by atoms with Crippen molar-refractivity contribution in [1.82, 2.24) is 0 Å². The van der Waals surface area contributed by atoms with Gasteiger partial charge in [-0.2, -0.15) is 0 Å². The van der Waals surface area contributed by atoms with Crippen LogP contribution in [0.2, 0.25) is 0 Å². The van der Waals surface area contributed by atoms with Crippen LogP contribution >= 0.6 is 0 Å². The van der Waals surface area contributed by atoms with Crippen molar-refractivity contribution in [3.63, 3.8) is 0 Å². The molecule has 0 aliphatic rings. The van der Waals surface area contributed by atoms with Gasteiger partial charge in [-0.05, 0) is 24.3 Å². The molecule has 0 amide bonds. The molecule has 0 atom stereocenters. The molecule has 2 aromatic carbocycles. The molecule has 0 heterocycles. The molecule has 0 radical (unpaired) electrons. The Hall–Kier alpha value is -1.88. The highest BCUT2D eigenvalue weighted by Crippen LogP contribution is 2.26. The first-order valence-electron chi connectivity index (χ1n) is 4.87. The maximum absolute atomic E-state index is 13.5. The van der Waals surface area contributed by atoms with E-state index in [0.29, 0.717) is 0 Å². The average molecular weight is 251 g/mol. The Balaban J connectivity index is 2.67. The highest BCUT2D eigenvalue weighted by Gasteiger charge is 2.23. The number of sulfone groups is 1. The van der Waals surface area contributed by atoms with E-state index in [2.05, 4.69) is 0 Å². The van der Waals surface area contributed by atoms with Crippen molar-refractivity contribution in [2.24, 2.45) is 0 Å². The summed E-state index contributed by atoms with van der Waals surface area (Å²) in [7, 11) is -3.90. The van der Waals surface area contributed by atoms with Gasteiger partial charge >= 0.3 is 0 Å². The molecule has 88 valence electrons. The van der Waals surface area contributed by atoms with Crippen molar-refractivity contribution in [2.75, 3.05) is 5.73 Å². The van der Waals surface area contributed by atoms with Crippen LogP contribution < -0.4 is 5.73 Å². The van der Waals surface area contributed by atoms with Crippen LogP contribution in [0.25, 0.3) is 0 Å². The molecule has 0 aliphatic carbocycles. The third kappa shape index (κ3) is 2.01. The van der Waals surface area contributed by atoms with Gasteiger partial charge in [-0.3, -0.25) is 0 Å². The molecule has 0 spiro atoms. The molecule has 3 nitrogen and oxygen atoms in total. The molecule has 2 N–H and O–H groups in total. The van der Waals surface area contributed by atoms with Gasteiger partial charge in [0.15, 0.2) is 0 Å². The van der Waals surface area contributed by atoms with E-state index in [0.717, 1.165) is 6.07 Å². The van der Waals surface area contributed by atoms with Crippen LogP contribution in [0.5, 0.6) is 0 Å². The summed E-state index contributed by atoms with van der Waals surface area (Å²) in [5.41, 5.74) is 5.70. The standard InChI is InChI=1S/C12H10FNO2S/c13-9-5-1-3-7-11(9)17(15,16)12-8-4-2-6-10(12)14/h1-8H,14H2. The van der Waals surface area contributed by atoms with Crippen molar-refractivity contribution >= 4 is 15.5 Å². The summed E-state index contributed by atoms with van der Waals surface area (Å²) in [6, 6.07) is 11.2. The molecule has 0 saturated heterocycles. The van der Waals surface area contributed by atoms with E-state index < -0.39 is 15.7 Å². The predicted octanol–water partition coefficient (Wildman–Crippen LogP) is 2.24. The zero-order chi connectivity index (χ0) is 12.5. The lowest BCUT2D eigenvalue weighted by Gasteiger charge is -2.07. The highest BCUT2D eigenvalue weighted by atomic mass is 32.2. The van der Waals surface area contributed by atoms with Crippen LogP contribution in [-0.4, -0.2) is 8.42 Å². The maximum Gasteiger partial charge on any atom is 0.211 e. The Morgan fingerprint density at radius 3 is 2.00 bits per heavy atom. The first-order chi connectivity index (χ1) is 8.03. The SMILES string of the molecule is Nc1ccccc1S(=O)(=O)c1ccccc1F. The first-order valence-corrected chi connectivity index (χ1v) is 6.36. The molecular formula is C12H10FNO2S. The molecule has 17 heavy (non-hydrogen) atoms. The topological polar surface area (TPSA) is 60.2 Å². The second-order valence-electron chi connectivity index (χ2n) is 3.47. The zero-order valence-electron chi connectivity index (χ0n) is 8.80. The fraction of sp³-hybridized carbons (Fsp3) is 0. The molecule has 0 bridgehead atoms. The number of halogens is 1. The van der Waals surface area contributed by atoms with Crippen molar-refractivity contribution in [1.29, 1.82) is 0 Å². The fourth-order valence-electron chi connectivity index (χ4n) is 1.51.